The quantitative estimate of drug-likeness (QED) is 0.560. The number of halogens is 5. The zero-order valence-electron chi connectivity index (χ0n) is 13.6. The van der Waals surface area contributed by atoms with Gasteiger partial charge in [0.25, 0.3) is 5.82 Å². The third kappa shape index (κ3) is 3.44. The summed E-state index contributed by atoms with van der Waals surface area (Å²) in [5, 5.41) is 4.14. The molecule has 2 aromatic carbocycles. The van der Waals surface area contributed by atoms with Gasteiger partial charge in [0.1, 0.15) is 5.82 Å². The van der Waals surface area contributed by atoms with Crippen LogP contribution in [0.4, 0.5) is 23.5 Å². The number of nitrogens with zero attached hydrogens (tertiary/aromatic N) is 4. The lowest BCUT2D eigenvalue weighted by atomic mass is 9.96. The predicted octanol–water partition coefficient (Wildman–Crippen LogP) is 5.20. The summed E-state index contributed by atoms with van der Waals surface area (Å²) in [4.78, 5) is 7.78. The van der Waals surface area contributed by atoms with Crippen LogP contribution in [-0.2, 0) is 6.18 Å². The van der Waals surface area contributed by atoms with Gasteiger partial charge in [-0.3, -0.25) is 0 Å². The molecule has 1 unspecified atom stereocenters. The number of fused-ring (bicyclic) bond motifs is 1. The lowest BCUT2D eigenvalue weighted by Crippen LogP contribution is -2.21. The van der Waals surface area contributed by atoms with Crippen molar-refractivity contribution in [2.24, 2.45) is 4.99 Å². The molecule has 4 rings (SSSR count). The van der Waals surface area contributed by atoms with Gasteiger partial charge in [0.15, 0.2) is 0 Å². The molecule has 1 aliphatic rings. The van der Waals surface area contributed by atoms with Crippen molar-refractivity contribution < 1.29 is 17.6 Å². The van der Waals surface area contributed by atoms with Crippen LogP contribution >= 0.6 is 11.6 Å². The zero-order chi connectivity index (χ0) is 19.2. The average molecular weight is 395 g/mol. The highest BCUT2D eigenvalue weighted by molar-refractivity contribution is 6.30. The first kappa shape index (κ1) is 17.7. The van der Waals surface area contributed by atoms with Gasteiger partial charge in [-0.2, -0.15) is 18.2 Å². The Bertz CT molecular complexity index is 1010. The number of aromatic nitrogens is 3. The second kappa shape index (κ2) is 6.45. The van der Waals surface area contributed by atoms with E-state index in [1.54, 1.807) is 24.3 Å². The number of rotatable bonds is 2. The number of hydrogen-bond donors (Lipinski definition) is 0. The van der Waals surface area contributed by atoms with E-state index in [1.807, 2.05) is 0 Å². The van der Waals surface area contributed by atoms with E-state index in [0.717, 1.165) is 0 Å². The minimum absolute atomic E-state index is 0.146. The van der Waals surface area contributed by atoms with Gasteiger partial charge in [0, 0.05) is 11.4 Å². The van der Waals surface area contributed by atoms with E-state index in [-0.39, 0.29) is 12.4 Å². The van der Waals surface area contributed by atoms with Crippen LogP contribution in [0.15, 0.2) is 53.5 Å². The van der Waals surface area contributed by atoms with Crippen LogP contribution in [-0.4, -0.2) is 20.5 Å². The van der Waals surface area contributed by atoms with E-state index in [0.29, 0.717) is 21.9 Å². The fraction of sp³-hybridized carbons (Fsp3) is 0.167. The van der Waals surface area contributed by atoms with Gasteiger partial charge in [0.05, 0.1) is 11.8 Å². The topological polar surface area (TPSA) is 43.1 Å². The van der Waals surface area contributed by atoms with Crippen LogP contribution in [0.2, 0.25) is 5.02 Å². The number of benzene rings is 2. The molecule has 0 radical (unpaired) electrons. The summed E-state index contributed by atoms with van der Waals surface area (Å²) in [5.41, 5.74) is 1.83. The maximum Gasteiger partial charge on any atom is 0.453 e. The third-order valence-electron chi connectivity index (χ3n) is 4.22. The molecular weight excluding hydrogens is 384 g/mol. The SMILES string of the molecule is Fc1ccc(C2=Nc3nc(C(F)(F)F)nn3C(c3ccc(Cl)cc3)C2)cc1. The smallest absolute Gasteiger partial charge is 0.222 e. The summed E-state index contributed by atoms with van der Waals surface area (Å²) in [6.45, 7) is 0. The number of alkyl halides is 3. The molecule has 1 atom stereocenters. The Morgan fingerprint density at radius 1 is 1.00 bits per heavy atom. The Balaban J connectivity index is 1.83. The second-order valence-electron chi connectivity index (χ2n) is 6.01. The van der Waals surface area contributed by atoms with Crippen LogP contribution in [0.3, 0.4) is 0 Å². The summed E-state index contributed by atoms with van der Waals surface area (Å²) in [5.74, 6) is -1.81. The number of hydrogen-bond acceptors (Lipinski definition) is 3. The van der Waals surface area contributed by atoms with E-state index in [1.165, 1.54) is 28.9 Å². The predicted molar refractivity (Wildman–Crippen MR) is 91.8 cm³/mol. The summed E-state index contributed by atoms with van der Waals surface area (Å²) in [6.07, 6.45) is -4.40. The van der Waals surface area contributed by atoms with Gasteiger partial charge >= 0.3 is 6.18 Å². The first-order valence-electron chi connectivity index (χ1n) is 7.94. The molecule has 9 heteroatoms. The molecule has 0 spiro atoms. The molecule has 138 valence electrons. The van der Waals surface area contributed by atoms with E-state index in [9.17, 15) is 17.6 Å². The summed E-state index contributed by atoms with van der Waals surface area (Å²) >= 11 is 5.91. The molecule has 2 heterocycles. The highest BCUT2D eigenvalue weighted by Crippen LogP contribution is 2.36. The Morgan fingerprint density at radius 2 is 1.67 bits per heavy atom. The van der Waals surface area contributed by atoms with Gasteiger partial charge in [-0.1, -0.05) is 35.9 Å². The molecule has 3 aromatic rings. The van der Waals surface area contributed by atoms with Crippen LogP contribution in [0.5, 0.6) is 0 Å². The number of aliphatic imine (C=N–C) groups is 1. The lowest BCUT2D eigenvalue weighted by Gasteiger charge is -2.23. The van der Waals surface area contributed by atoms with Crippen molar-refractivity contribution in [3.05, 3.63) is 76.3 Å². The minimum atomic E-state index is -4.68. The Hall–Kier alpha value is -2.74. The van der Waals surface area contributed by atoms with Crippen molar-refractivity contribution >= 4 is 23.3 Å². The Labute approximate surface area is 156 Å². The van der Waals surface area contributed by atoms with Crippen molar-refractivity contribution in [2.75, 3.05) is 0 Å². The minimum Gasteiger partial charge on any atom is -0.222 e. The third-order valence-corrected chi connectivity index (χ3v) is 4.47. The largest absolute Gasteiger partial charge is 0.453 e. The normalized spacial score (nSPS) is 16.8. The Morgan fingerprint density at radius 3 is 2.30 bits per heavy atom. The molecule has 4 nitrogen and oxygen atoms in total. The average Bonchev–Trinajstić information content (AvgIpc) is 3.07. The van der Waals surface area contributed by atoms with Gasteiger partial charge in [-0.05, 0) is 35.4 Å². The molecule has 1 aliphatic heterocycles. The van der Waals surface area contributed by atoms with Crippen molar-refractivity contribution in [1.82, 2.24) is 14.8 Å². The van der Waals surface area contributed by atoms with E-state index < -0.39 is 23.9 Å². The summed E-state index contributed by atoms with van der Waals surface area (Å²) in [6, 6.07) is 11.8. The maximum atomic E-state index is 13.2. The standard InChI is InChI=1S/C18H11ClF4N4/c19-12-5-1-11(2-6-12)15-9-14(10-3-7-13(20)8-4-10)24-17-25-16(18(21,22)23)26-27(15)17/h1-8,15H,9H2. The molecule has 0 saturated carbocycles. The summed E-state index contributed by atoms with van der Waals surface area (Å²) < 4.78 is 53.6. The van der Waals surface area contributed by atoms with Gasteiger partial charge in [-0.25, -0.2) is 14.1 Å². The van der Waals surface area contributed by atoms with Gasteiger partial charge < -0.3 is 0 Å². The van der Waals surface area contributed by atoms with E-state index in [2.05, 4.69) is 15.1 Å². The van der Waals surface area contributed by atoms with E-state index in [4.69, 9.17) is 11.6 Å². The lowest BCUT2D eigenvalue weighted by molar-refractivity contribution is -0.145. The first-order chi connectivity index (χ1) is 12.8. The highest BCUT2D eigenvalue weighted by atomic mass is 35.5. The van der Waals surface area contributed by atoms with Gasteiger partial charge in [-0.15, -0.1) is 5.10 Å². The zero-order valence-corrected chi connectivity index (χ0v) is 14.3. The van der Waals surface area contributed by atoms with Crippen molar-refractivity contribution in [3.8, 4) is 0 Å². The molecule has 0 saturated heterocycles. The second-order valence-corrected chi connectivity index (χ2v) is 6.45. The van der Waals surface area contributed by atoms with Crippen LogP contribution in [0.1, 0.15) is 29.4 Å². The van der Waals surface area contributed by atoms with Crippen molar-refractivity contribution in [3.63, 3.8) is 0 Å². The van der Waals surface area contributed by atoms with Crippen LogP contribution < -0.4 is 0 Å². The van der Waals surface area contributed by atoms with E-state index >= 15 is 0 Å². The van der Waals surface area contributed by atoms with Gasteiger partial charge in [0.2, 0.25) is 5.95 Å². The molecule has 1 aromatic heterocycles. The van der Waals surface area contributed by atoms with Crippen molar-refractivity contribution in [2.45, 2.75) is 18.6 Å². The fourth-order valence-electron chi connectivity index (χ4n) is 2.93. The van der Waals surface area contributed by atoms with Crippen LogP contribution in [0.25, 0.3) is 0 Å². The molecule has 0 amide bonds. The highest BCUT2D eigenvalue weighted by Gasteiger charge is 2.39. The molecule has 0 N–H and O–H groups in total. The molecule has 27 heavy (non-hydrogen) atoms. The fourth-order valence-corrected chi connectivity index (χ4v) is 3.05. The Kier molecular flexibility index (Phi) is 4.22. The molecule has 0 fully saturated rings. The van der Waals surface area contributed by atoms with Crippen molar-refractivity contribution in [1.29, 1.82) is 0 Å². The first-order valence-corrected chi connectivity index (χ1v) is 8.32. The maximum absolute atomic E-state index is 13.2. The van der Waals surface area contributed by atoms with Crippen LogP contribution in [0, 0.1) is 5.82 Å². The molecule has 0 aliphatic carbocycles. The molecular formula is C18H11ClF4N4. The summed E-state index contributed by atoms with van der Waals surface area (Å²) in [7, 11) is 0. The molecule has 0 bridgehead atoms. The monoisotopic (exact) mass is 394 g/mol.